The number of aromatic nitrogens is 3. The highest BCUT2D eigenvalue weighted by Gasteiger charge is 2.12. The number of nitrogens with zero attached hydrogens (tertiary/aromatic N) is 4. The molecule has 0 atom stereocenters. The molecular weight excluding hydrogens is 350 g/mol. The molecule has 0 spiro atoms. The lowest BCUT2D eigenvalue weighted by Crippen LogP contribution is -2.41. The Balaban J connectivity index is 1.26. The first-order valence-electron chi connectivity index (χ1n) is 9.23. The second kappa shape index (κ2) is 7.93. The number of furan rings is 1. The molecule has 1 aliphatic rings. The van der Waals surface area contributed by atoms with E-state index in [2.05, 4.69) is 15.3 Å². The zero-order valence-electron chi connectivity index (χ0n) is 15.1. The van der Waals surface area contributed by atoms with Gasteiger partial charge in [0.1, 0.15) is 11.8 Å². The van der Waals surface area contributed by atoms with Crippen molar-refractivity contribution in [3.05, 3.63) is 35.1 Å². The average Bonchev–Trinajstić information content (AvgIpc) is 3.26. The zero-order valence-corrected chi connectivity index (χ0v) is 15.1. The largest absolute Gasteiger partial charge is 0.463 e. The van der Waals surface area contributed by atoms with Crippen molar-refractivity contribution in [2.24, 2.45) is 0 Å². The van der Waals surface area contributed by atoms with Crippen molar-refractivity contribution in [3.63, 3.8) is 0 Å². The highest BCUT2D eigenvalue weighted by molar-refractivity contribution is 5.81. The molecule has 1 amide bonds. The van der Waals surface area contributed by atoms with Crippen LogP contribution in [0.4, 0.5) is 0 Å². The highest BCUT2D eigenvalue weighted by atomic mass is 16.5. The molecule has 1 fully saturated rings. The Hall–Kier alpha value is -2.65. The second-order valence-electron chi connectivity index (χ2n) is 6.64. The fourth-order valence-corrected chi connectivity index (χ4v) is 3.35. The van der Waals surface area contributed by atoms with Crippen LogP contribution in [-0.2, 0) is 16.1 Å². The van der Waals surface area contributed by atoms with Crippen LogP contribution in [0.15, 0.2) is 33.9 Å². The maximum Gasteiger partial charge on any atom is 0.291 e. The summed E-state index contributed by atoms with van der Waals surface area (Å²) < 4.78 is 13.7. The molecule has 0 radical (unpaired) electrons. The van der Waals surface area contributed by atoms with Crippen LogP contribution in [0, 0.1) is 0 Å². The predicted molar refractivity (Wildman–Crippen MR) is 98.7 cm³/mol. The van der Waals surface area contributed by atoms with E-state index in [0.29, 0.717) is 37.0 Å². The third-order valence-electron chi connectivity index (χ3n) is 4.85. The quantitative estimate of drug-likeness (QED) is 0.647. The van der Waals surface area contributed by atoms with E-state index in [4.69, 9.17) is 9.15 Å². The van der Waals surface area contributed by atoms with E-state index >= 15 is 0 Å². The Labute approximate surface area is 155 Å². The van der Waals surface area contributed by atoms with Gasteiger partial charge in [0.2, 0.25) is 5.91 Å². The number of carbonyl (C=O) groups is 1. The lowest BCUT2D eigenvalue weighted by atomic mass is 10.3. The van der Waals surface area contributed by atoms with E-state index in [-0.39, 0.29) is 11.5 Å². The molecule has 3 aromatic rings. The van der Waals surface area contributed by atoms with Crippen molar-refractivity contribution in [1.29, 1.82) is 0 Å². The summed E-state index contributed by atoms with van der Waals surface area (Å²) >= 11 is 0. The van der Waals surface area contributed by atoms with Gasteiger partial charge in [0, 0.05) is 51.3 Å². The van der Waals surface area contributed by atoms with Crippen LogP contribution in [0.1, 0.15) is 12.8 Å². The minimum atomic E-state index is -0.184. The van der Waals surface area contributed by atoms with Crippen molar-refractivity contribution in [3.8, 4) is 0 Å². The fourth-order valence-electron chi connectivity index (χ4n) is 3.35. The Morgan fingerprint density at radius 2 is 2.07 bits per heavy atom. The molecule has 9 nitrogen and oxygen atoms in total. The SMILES string of the molecule is O=C(CCCn1ncn2c(cc3occc32)c1=O)NCCN1CCOCC1. The fraction of sp³-hybridized carbons (Fsp3) is 0.500. The number of amides is 1. The van der Waals surface area contributed by atoms with Gasteiger partial charge < -0.3 is 14.5 Å². The van der Waals surface area contributed by atoms with Crippen molar-refractivity contribution < 1.29 is 13.9 Å². The van der Waals surface area contributed by atoms with Gasteiger partial charge in [-0.1, -0.05) is 0 Å². The van der Waals surface area contributed by atoms with Gasteiger partial charge in [0.15, 0.2) is 5.58 Å². The van der Waals surface area contributed by atoms with Gasteiger partial charge in [-0.15, -0.1) is 0 Å². The van der Waals surface area contributed by atoms with E-state index in [1.165, 1.54) is 4.68 Å². The van der Waals surface area contributed by atoms with Gasteiger partial charge in [-0.3, -0.25) is 18.9 Å². The summed E-state index contributed by atoms with van der Waals surface area (Å²) in [6.45, 7) is 5.21. The molecule has 0 unspecified atom stereocenters. The smallest absolute Gasteiger partial charge is 0.291 e. The molecule has 4 rings (SSSR count). The van der Waals surface area contributed by atoms with Crippen LogP contribution in [0.5, 0.6) is 0 Å². The van der Waals surface area contributed by atoms with Crippen LogP contribution in [-0.4, -0.2) is 64.4 Å². The minimum Gasteiger partial charge on any atom is -0.463 e. The topological polar surface area (TPSA) is 94.0 Å². The van der Waals surface area contributed by atoms with Gasteiger partial charge >= 0.3 is 0 Å². The van der Waals surface area contributed by atoms with E-state index < -0.39 is 0 Å². The Kier molecular flexibility index (Phi) is 5.21. The first-order valence-corrected chi connectivity index (χ1v) is 9.23. The van der Waals surface area contributed by atoms with Crippen molar-refractivity contribution in [2.45, 2.75) is 19.4 Å². The van der Waals surface area contributed by atoms with Gasteiger partial charge in [0.25, 0.3) is 5.56 Å². The van der Waals surface area contributed by atoms with Crippen LogP contribution in [0.2, 0.25) is 0 Å². The van der Waals surface area contributed by atoms with Gasteiger partial charge in [-0.25, -0.2) is 4.68 Å². The number of hydrogen-bond acceptors (Lipinski definition) is 6. The lowest BCUT2D eigenvalue weighted by molar-refractivity contribution is -0.121. The standard InChI is InChI=1S/C18H23N5O4/c24-17(19-4-6-21-7-10-26-11-8-21)2-1-5-23-18(25)15-12-16-14(3-9-27-16)22(15)13-20-23/h3,9,12-13H,1-2,4-8,10-11H2,(H,19,24). The van der Waals surface area contributed by atoms with Crippen molar-refractivity contribution in [1.82, 2.24) is 24.4 Å². The summed E-state index contributed by atoms with van der Waals surface area (Å²) in [6, 6.07) is 3.52. The molecule has 3 aromatic heterocycles. The third-order valence-corrected chi connectivity index (χ3v) is 4.85. The van der Waals surface area contributed by atoms with E-state index in [1.54, 1.807) is 29.1 Å². The summed E-state index contributed by atoms with van der Waals surface area (Å²) in [6.07, 6.45) is 4.12. The molecule has 0 aliphatic carbocycles. The molecule has 4 heterocycles. The third kappa shape index (κ3) is 3.88. The summed E-state index contributed by atoms with van der Waals surface area (Å²) in [4.78, 5) is 26.8. The number of rotatable bonds is 7. The van der Waals surface area contributed by atoms with E-state index in [0.717, 1.165) is 38.4 Å². The van der Waals surface area contributed by atoms with E-state index in [9.17, 15) is 9.59 Å². The van der Waals surface area contributed by atoms with Gasteiger partial charge in [-0.05, 0) is 6.42 Å². The number of hydrogen-bond donors (Lipinski definition) is 1. The Bertz CT molecular complexity index is 983. The maximum atomic E-state index is 12.5. The maximum absolute atomic E-state index is 12.5. The molecular formula is C18H23N5O4. The molecule has 9 heteroatoms. The lowest BCUT2D eigenvalue weighted by Gasteiger charge is -2.26. The molecule has 0 saturated carbocycles. The summed E-state index contributed by atoms with van der Waals surface area (Å²) in [5, 5.41) is 7.13. The van der Waals surface area contributed by atoms with Crippen molar-refractivity contribution >= 4 is 22.5 Å². The Morgan fingerprint density at radius 3 is 2.93 bits per heavy atom. The van der Waals surface area contributed by atoms with Crippen LogP contribution in [0.3, 0.4) is 0 Å². The number of aryl methyl sites for hydroxylation is 1. The number of carbonyl (C=O) groups excluding carboxylic acids is 1. The molecule has 144 valence electrons. The highest BCUT2D eigenvalue weighted by Crippen LogP contribution is 2.18. The van der Waals surface area contributed by atoms with Crippen LogP contribution < -0.4 is 10.9 Å². The predicted octanol–water partition coefficient (Wildman–Crippen LogP) is 0.471. The second-order valence-corrected chi connectivity index (χ2v) is 6.64. The monoisotopic (exact) mass is 373 g/mol. The van der Waals surface area contributed by atoms with Gasteiger partial charge in [-0.2, -0.15) is 5.10 Å². The molecule has 27 heavy (non-hydrogen) atoms. The average molecular weight is 373 g/mol. The number of morpholine rings is 1. The summed E-state index contributed by atoms with van der Waals surface area (Å²) in [7, 11) is 0. The number of fused-ring (bicyclic) bond motifs is 3. The van der Waals surface area contributed by atoms with Gasteiger partial charge in [0.05, 0.1) is 25.0 Å². The summed E-state index contributed by atoms with van der Waals surface area (Å²) in [5.74, 6) is -0.00223. The molecule has 1 aliphatic heterocycles. The molecule has 0 aromatic carbocycles. The van der Waals surface area contributed by atoms with Crippen LogP contribution in [0.25, 0.3) is 16.6 Å². The summed E-state index contributed by atoms with van der Waals surface area (Å²) in [5.41, 5.74) is 1.82. The first kappa shape index (κ1) is 17.7. The van der Waals surface area contributed by atoms with E-state index in [1.807, 2.05) is 0 Å². The number of ether oxygens (including phenoxy) is 1. The van der Waals surface area contributed by atoms with Crippen LogP contribution >= 0.6 is 0 Å². The Morgan fingerprint density at radius 1 is 1.22 bits per heavy atom. The first-order chi connectivity index (χ1) is 13.2. The molecule has 0 bridgehead atoms. The number of nitrogens with one attached hydrogen (secondary N) is 1. The molecule has 1 N–H and O–H groups in total. The normalized spacial score (nSPS) is 15.6. The minimum absolute atomic E-state index is 0.00223. The zero-order chi connectivity index (χ0) is 18.6. The van der Waals surface area contributed by atoms with Crippen molar-refractivity contribution in [2.75, 3.05) is 39.4 Å². The molecule has 1 saturated heterocycles.